The smallest absolute Gasteiger partial charge is 0.0991 e. The minimum Gasteiger partial charge on any atom is -0.311 e. The summed E-state index contributed by atoms with van der Waals surface area (Å²) in [6.07, 6.45) is 4.88. The molecule has 1 N–H and O–H groups in total. The first kappa shape index (κ1) is 12.5. The van der Waals surface area contributed by atoms with Crippen LogP contribution in [0, 0.1) is 18.3 Å². The normalized spacial score (nSPS) is 16.5. The third-order valence-corrected chi connectivity index (χ3v) is 4.89. The van der Waals surface area contributed by atoms with Gasteiger partial charge in [-0.15, -0.1) is 0 Å². The molecule has 1 aliphatic carbocycles. The second kappa shape index (κ2) is 5.12. The van der Waals surface area contributed by atoms with E-state index < -0.39 is 0 Å². The van der Waals surface area contributed by atoms with Crippen molar-refractivity contribution in [1.82, 2.24) is 5.32 Å². The van der Waals surface area contributed by atoms with Crippen molar-refractivity contribution in [2.24, 2.45) is 0 Å². The van der Waals surface area contributed by atoms with Crippen molar-refractivity contribution in [3.05, 3.63) is 34.9 Å². The predicted octanol–water partition coefficient (Wildman–Crippen LogP) is 2.85. The van der Waals surface area contributed by atoms with Gasteiger partial charge in [0, 0.05) is 17.8 Å². The number of nitrogens with one attached hydrogen (secondary N) is 1. The topological polar surface area (TPSA) is 35.8 Å². The van der Waals surface area contributed by atoms with Crippen LogP contribution in [0.15, 0.2) is 18.2 Å². The molecule has 0 saturated heterocycles. The largest absolute Gasteiger partial charge is 0.311 e. The standard InChI is InChI=1S/C14H18N2S/c1-11-7-12(8-15)3-4-13(11)9-16-10-14(17-2)5-6-14/h3-4,7,16H,5-6,9-10H2,1-2H3. The molecule has 0 bridgehead atoms. The first-order valence-corrected chi connectivity index (χ1v) is 7.17. The van der Waals surface area contributed by atoms with Crippen LogP contribution in [0.4, 0.5) is 0 Å². The number of nitriles is 1. The van der Waals surface area contributed by atoms with Crippen LogP contribution in [0.1, 0.15) is 29.5 Å². The molecule has 3 heteroatoms. The van der Waals surface area contributed by atoms with Crippen LogP contribution in [0.5, 0.6) is 0 Å². The highest BCUT2D eigenvalue weighted by Crippen LogP contribution is 2.46. The lowest BCUT2D eigenvalue weighted by Gasteiger charge is -2.14. The Morgan fingerprint density at radius 3 is 2.76 bits per heavy atom. The molecule has 1 aromatic rings. The molecule has 17 heavy (non-hydrogen) atoms. The minimum absolute atomic E-state index is 0.514. The summed E-state index contributed by atoms with van der Waals surface area (Å²) in [6.45, 7) is 4.06. The third kappa shape index (κ3) is 3.02. The van der Waals surface area contributed by atoms with Gasteiger partial charge >= 0.3 is 0 Å². The summed E-state index contributed by atoms with van der Waals surface area (Å²) >= 11 is 1.98. The number of hydrogen-bond acceptors (Lipinski definition) is 3. The van der Waals surface area contributed by atoms with Gasteiger partial charge in [-0.25, -0.2) is 0 Å². The molecule has 0 heterocycles. The van der Waals surface area contributed by atoms with E-state index in [1.165, 1.54) is 24.0 Å². The van der Waals surface area contributed by atoms with Crippen molar-refractivity contribution in [1.29, 1.82) is 5.26 Å². The van der Waals surface area contributed by atoms with Crippen LogP contribution in [0.2, 0.25) is 0 Å². The quantitative estimate of drug-likeness (QED) is 0.868. The average Bonchev–Trinajstić information content (AvgIpc) is 3.12. The molecule has 0 radical (unpaired) electrons. The third-order valence-electron chi connectivity index (χ3n) is 3.48. The Kier molecular flexibility index (Phi) is 3.76. The lowest BCUT2D eigenvalue weighted by atomic mass is 10.1. The van der Waals surface area contributed by atoms with Crippen LogP contribution in [0.3, 0.4) is 0 Å². The highest BCUT2D eigenvalue weighted by Gasteiger charge is 2.41. The van der Waals surface area contributed by atoms with Crippen molar-refractivity contribution in [2.75, 3.05) is 12.8 Å². The Balaban J connectivity index is 1.89. The first-order valence-electron chi connectivity index (χ1n) is 5.95. The second-order valence-electron chi connectivity index (χ2n) is 4.74. The molecule has 0 amide bonds. The molecule has 2 rings (SSSR count). The van der Waals surface area contributed by atoms with Crippen molar-refractivity contribution < 1.29 is 0 Å². The van der Waals surface area contributed by atoms with Gasteiger partial charge in [-0.1, -0.05) is 6.07 Å². The molecule has 1 saturated carbocycles. The number of nitrogens with zero attached hydrogens (tertiary/aromatic N) is 1. The molecule has 90 valence electrons. The molecular formula is C14H18N2S. The molecule has 0 unspecified atom stereocenters. The average molecular weight is 246 g/mol. The van der Waals surface area contributed by atoms with Gasteiger partial charge in [-0.05, 0) is 49.3 Å². The fraction of sp³-hybridized carbons (Fsp3) is 0.500. The number of aryl methyl sites for hydroxylation is 1. The van der Waals surface area contributed by atoms with Gasteiger partial charge in [0.25, 0.3) is 0 Å². The van der Waals surface area contributed by atoms with Gasteiger partial charge in [0.1, 0.15) is 0 Å². The maximum Gasteiger partial charge on any atom is 0.0991 e. The summed E-state index contributed by atoms with van der Waals surface area (Å²) in [5.41, 5.74) is 3.24. The van der Waals surface area contributed by atoms with Gasteiger partial charge < -0.3 is 5.32 Å². The van der Waals surface area contributed by atoms with E-state index in [2.05, 4.69) is 30.6 Å². The van der Waals surface area contributed by atoms with Crippen LogP contribution in [0.25, 0.3) is 0 Å². The summed E-state index contributed by atoms with van der Waals surface area (Å²) in [5.74, 6) is 0. The number of hydrogen-bond donors (Lipinski definition) is 1. The van der Waals surface area contributed by atoms with E-state index in [-0.39, 0.29) is 0 Å². The van der Waals surface area contributed by atoms with Crippen LogP contribution in [-0.2, 0) is 6.54 Å². The van der Waals surface area contributed by atoms with E-state index in [4.69, 9.17) is 5.26 Å². The zero-order valence-corrected chi connectivity index (χ0v) is 11.2. The van der Waals surface area contributed by atoms with E-state index >= 15 is 0 Å². The molecule has 1 aromatic carbocycles. The van der Waals surface area contributed by atoms with Crippen molar-refractivity contribution >= 4 is 11.8 Å². The van der Waals surface area contributed by atoms with Gasteiger partial charge in [0.2, 0.25) is 0 Å². The fourth-order valence-corrected chi connectivity index (χ4v) is 2.74. The summed E-state index contributed by atoms with van der Waals surface area (Å²) in [5, 5.41) is 12.3. The molecule has 2 nitrogen and oxygen atoms in total. The van der Waals surface area contributed by atoms with E-state index in [0.717, 1.165) is 18.7 Å². The monoisotopic (exact) mass is 246 g/mol. The highest BCUT2D eigenvalue weighted by molar-refractivity contribution is 8.00. The molecule has 1 fully saturated rings. The lowest BCUT2D eigenvalue weighted by Crippen LogP contribution is -2.25. The van der Waals surface area contributed by atoms with Gasteiger partial charge in [0.15, 0.2) is 0 Å². The fourth-order valence-electron chi connectivity index (χ4n) is 1.98. The number of rotatable bonds is 5. The maximum atomic E-state index is 8.81. The van der Waals surface area contributed by atoms with E-state index in [1.807, 2.05) is 23.9 Å². The molecule has 0 aliphatic heterocycles. The van der Waals surface area contributed by atoms with Gasteiger partial charge in [-0.3, -0.25) is 0 Å². The summed E-state index contributed by atoms with van der Waals surface area (Å²) in [7, 11) is 0. The summed E-state index contributed by atoms with van der Waals surface area (Å²) in [6, 6.07) is 8.08. The molecule has 0 aromatic heterocycles. The Labute approximate surface area is 107 Å². The van der Waals surface area contributed by atoms with E-state index in [1.54, 1.807) is 0 Å². The summed E-state index contributed by atoms with van der Waals surface area (Å²) in [4.78, 5) is 0. The molecule has 0 atom stereocenters. The van der Waals surface area contributed by atoms with Gasteiger partial charge in [-0.2, -0.15) is 17.0 Å². The van der Waals surface area contributed by atoms with Crippen molar-refractivity contribution in [2.45, 2.75) is 31.1 Å². The van der Waals surface area contributed by atoms with Crippen molar-refractivity contribution in [3.63, 3.8) is 0 Å². The Morgan fingerprint density at radius 1 is 1.47 bits per heavy atom. The highest BCUT2D eigenvalue weighted by atomic mass is 32.2. The van der Waals surface area contributed by atoms with Crippen LogP contribution in [-0.4, -0.2) is 17.5 Å². The molecule has 0 spiro atoms. The first-order chi connectivity index (χ1) is 8.19. The SMILES string of the molecule is CSC1(CNCc2ccc(C#N)cc2C)CC1. The zero-order chi connectivity index (χ0) is 12.3. The zero-order valence-electron chi connectivity index (χ0n) is 10.4. The van der Waals surface area contributed by atoms with Crippen LogP contribution >= 0.6 is 11.8 Å². The second-order valence-corrected chi connectivity index (χ2v) is 6.02. The Bertz CT molecular complexity index is 444. The maximum absolute atomic E-state index is 8.81. The Hall–Kier alpha value is -0.980. The van der Waals surface area contributed by atoms with E-state index in [0.29, 0.717) is 4.75 Å². The molecular weight excluding hydrogens is 228 g/mol. The van der Waals surface area contributed by atoms with Crippen molar-refractivity contribution in [3.8, 4) is 6.07 Å². The Morgan fingerprint density at radius 2 is 2.24 bits per heavy atom. The molecule has 1 aliphatic rings. The van der Waals surface area contributed by atoms with Gasteiger partial charge in [0.05, 0.1) is 11.6 Å². The predicted molar refractivity (Wildman–Crippen MR) is 73.1 cm³/mol. The van der Waals surface area contributed by atoms with E-state index in [9.17, 15) is 0 Å². The number of thioether (sulfide) groups is 1. The van der Waals surface area contributed by atoms with Crippen LogP contribution < -0.4 is 5.32 Å². The number of benzene rings is 1. The summed E-state index contributed by atoms with van der Waals surface area (Å²) < 4.78 is 0.514. The minimum atomic E-state index is 0.514. The lowest BCUT2D eigenvalue weighted by molar-refractivity contribution is 0.661.